The number of ether oxygens (including phenoxy) is 1. The van der Waals surface area contributed by atoms with Crippen molar-refractivity contribution in [2.24, 2.45) is 10.8 Å². The van der Waals surface area contributed by atoms with E-state index in [1.54, 1.807) is 0 Å². The van der Waals surface area contributed by atoms with E-state index in [1.807, 2.05) is 30.3 Å². The highest BCUT2D eigenvalue weighted by molar-refractivity contribution is 5.75. The highest BCUT2D eigenvalue weighted by Gasteiger charge is 2.38. The number of carboxylic acid groups (broad SMARTS) is 1. The Labute approximate surface area is 141 Å². The molecule has 0 aliphatic carbocycles. The van der Waals surface area contributed by atoms with E-state index in [1.165, 1.54) is 7.05 Å². The number of benzene rings is 1. The summed E-state index contributed by atoms with van der Waals surface area (Å²) in [6.07, 6.45) is -4.87. The number of carboxylic acids is 1. The van der Waals surface area contributed by atoms with Crippen LogP contribution in [0.4, 0.5) is 13.2 Å². The van der Waals surface area contributed by atoms with Gasteiger partial charge in [0.05, 0.1) is 7.05 Å². The van der Waals surface area contributed by atoms with Crippen molar-refractivity contribution in [3.63, 3.8) is 0 Å². The molecule has 0 unspecified atom stereocenters. The molecule has 140 valence electrons. The molecule has 0 fully saturated rings. The molecule has 0 aliphatic heterocycles. The van der Waals surface area contributed by atoms with E-state index in [0.717, 1.165) is 5.56 Å². The number of hydrogen-bond donors (Lipinski definition) is 2. The molecule has 1 aromatic rings. The third-order valence-electron chi connectivity index (χ3n) is 2.62. The van der Waals surface area contributed by atoms with Crippen molar-refractivity contribution < 1.29 is 37.5 Å². The molecule has 0 radical (unpaired) electrons. The standard InChI is InChI=1S/C12H17N3O3.C2HF3O2/c1-14-15(17)8-7-11(13)12(16)18-9-10-5-3-2-4-6-10;3-2(4,5)1(6)7/h2-6,11H,7-9,13H2,1H3;(H,6,7)/t11-;/m0./s1. The molecule has 0 aliphatic rings. The highest BCUT2D eigenvalue weighted by Crippen LogP contribution is 2.13. The minimum atomic E-state index is -5.08. The van der Waals surface area contributed by atoms with Crippen molar-refractivity contribution in [1.82, 2.24) is 0 Å². The first-order valence-corrected chi connectivity index (χ1v) is 6.88. The van der Waals surface area contributed by atoms with Crippen LogP contribution in [0.25, 0.3) is 0 Å². The Bertz CT molecular complexity index is 579. The van der Waals surface area contributed by atoms with Crippen LogP contribution >= 0.6 is 0 Å². The summed E-state index contributed by atoms with van der Waals surface area (Å²) in [5.74, 6) is -3.27. The summed E-state index contributed by atoms with van der Waals surface area (Å²) in [5, 5.41) is 21.4. The fourth-order valence-electron chi connectivity index (χ4n) is 1.30. The summed E-state index contributed by atoms with van der Waals surface area (Å²) in [6.45, 7) is 0.269. The Hall–Kier alpha value is -2.69. The van der Waals surface area contributed by atoms with Gasteiger partial charge in [0.2, 0.25) is 0 Å². The van der Waals surface area contributed by atoms with Gasteiger partial charge in [-0.25, -0.2) is 4.79 Å². The van der Waals surface area contributed by atoms with Gasteiger partial charge in [-0.1, -0.05) is 35.2 Å². The van der Waals surface area contributed by atoms with Crippen molar-refractivity contribution in [1.29, 1.82) is 0 Å². The number of hydroxylamine groups is 1. The molecule has 3 N–H and O–H groups in total. The first kappa shape index (κ1) is 22.3. The Balaban J connectivity index is 0.000000697. The zero-order valence-electron chi connectivity index (χ0n) is 13.3. The van der Waals surface area contributed by atoms with E-state index >= 15 is 0 Å². The van der Waals surface area contributed by atoms with Gasteiger partial charge in [-0.2, -0.15) is 13.2 Å². The number of azo groups is 1. The number of carbonyl (C=O) groups is 2. The fourth-order valence-corrected chi connectivity index (χ4v) is 1.30. The SMILES string of the molecule is CN=[N+]([O-])CC[C@H](N)C(=O)OCc1ccccc1.O=C(O)C(F)(F)F. The van der Waals surface area contributed by atoms with Gasteiger partial charge >= 0.3 is 18.1 Å². The molecular weight excluding hydrogens is 347 g/mol. The number of esters is 1. The van der Waals surface area contributed by atoms with Gasteiger partial charge in [0, 0.05) is 6.42 Å². The maximum absolute atomic E-state index is 11.5. The number of hydrogen-bond acceptors (Lipinski definition) is 6. The van der Waals surface area contributed by atoms with Gasteiger partial charge < -0.3 is 20.8 Å². The molecule has 0 aromatic heterocycles. The molecule has 11 heteroatoms. The van der Waals surface area contributed by atoms with Crippen LogP contribution in [0.1, 0.15) is 12.0 Å². The zero-order valence-corrected chi connectivity index (χ0v) is 13.3. The summed E-state index contributed by atoms with van der Waals surface area (Å²) < 4.78 is 36.8. The molecule has 0 bridgehead atoms. The van der Waals surface area contributed by atoms with Crippen LogP contribution in [0.15, 0.2) is 35.4 Å². The average Bonchev–Trinajstić information content (AvgIpc) is 2.57. The zero-order chi connectivity index (χ0) is 19.5. The van der Waals surface area contributed by atoms with Gasteiger partial charge in [0.1, 0.15) is 12.6 Å². The number of nitrogens with zero attached hydrogens (tertiary/aromatic N) is 2. The van der Waals surface area contributed by atoms with Crippen LogP contribution in [-0.4, -0.2) is 47.7 Å². The molecule has 25 heavy (non-hydrogen) atoms. The molecule has 1 rings (SSSR count). The fraction of sp³-hybridized carbons (Fsp3) is 0.429. The second kappa shape index (κ2) is 11.0. The first-order valence-electron chi connectivity index (χ1n) is 6.88. The molecule has 1 atom stereocenters. The smallest absolute Gasteiger partial charge is 0.490 e. The molecule has 0 heterocycles. The molecular formula is C14H18F3N3O5. The molecule has 0 saturated carbocycles. The lowest BCUT2D eigenvalue weighted by atomic mass is 10.2. The lowest BCUT2D eigenvalue weighted by molar-refractivity contribution is -0.528. The van der Waals surface area contributed by atoms with Crippen LogP contribution < -0.4 is 5.73 Å². The van der Waals surface area contributed by atoms with Gasteiger partial charge in [0.15, 0.2) is 6.54 Å². The lowest BCUT2D eigenvalue weighted by Gasteiger charge is -2.10. The normalized spacial score (nSPS) is 12.6. The Morgan fingerprint density at radius 2 is 1.88 bits per heavy atom. The van der Waals surface area contributed by atoms with E-state index in [0.29, 0.717) is 4.86 Å². The van der Waals surface area contributed by atoms with E-state index in [9.17, 15) is 23.2 Å². The molecule has 0 amide bonds. The van der Waals surface area contributed by atoms with Crippen molar-refractivity contribution in [3.05, 3.63) is 41.1 Å². The van der Waals surface area contributed by atoms with E-state index < -0.39 is 24.2 Å². The largest absolute Gasteiger partial charge is 0.600 e. The van der Waals surface area contributed by atoms with Crippen molar-refractivity contribution in [2.45, 2.75) is 25.2 Å². The summed E-state index contributed by atoms with van der Waals surface area (Å²) in [4.78, 5) is 20.9. The summed E-state index contributed by atoms with van der Waals surface area (Å²) in [7, 11) is 1.38. The summed E-state index contributed by atoms with van der Waals surface area (Å²) >= 11 is 0. The van der Waals surface area contributed by atoms with Crippen molar-refractivity contribution in [3.8, 4) is 0 Å². The topological polar surface area (TPSA) is 128 Å². The molecule has 0 saturated heterocycles. The summed E-state index contributed by atoms with van der Waals surface area (Å²) in [6, 6.07) is 8.52. The number of rotatable bonds is 6. The lowest BCUT2D eigenvalue weighted by Crippen LogP contribution is -2.34. The number of nitrogens with two attached hydrogens (primary N) is 1. The molecule has 0 spiro atoms. The van der Waals surface area contributed by atoms with Gasteiger partial charge in [-0.3, -0.25) is 4.79 Å². The Morgan fingerprint density at radius 1 is 1.36 bits per heavy atom. The second-order valence-electron chi connectivity index (χ2n) is 4.57. The van der Waals surface area contributed by atoms with E-state index in [4.69, 9.17) is 20.4 Å². The predicted octanol–water partition coefficient (Wildman–Crippen LogP) is 1.67. The van der Waals surface area contributed by atoms with Crippen molar-refractivity contribution in [2.75, 3.05) is 13.6 Å². The third-order valence-corrected chi connectivity index (χ3v) is 2.62. The van der Waals surface area contributed by atoms with Gasteiger partial charge in [-0.05, 0) is 10.7 Å². The third kappa shape index (κ3) is 10.7. The average molecular weight is 365 g/mol. The number of carbonyl (C=O) groups excluding carboxylic acids is 1. The molecule has 8 nitrogen and oxygen atoms in total. The van der Waals surface area contributed by atoms with Crippen LogP contribution in [0, 0.1) is 5.21 Å². The molecule has 1 aromatic carbocycles. The maximum atomic E-state index is 11.5. The Morgan fingerprint density at radius 3 is 2.32 bits per heavy atom. The van der Waals surface area contributed by atoms with Crippen LogP contribution in [0.3, 0.4) is 0 Å². The van der Waals surface area contributed by atoms with Crippen LogP contribution in [-0.2, 0) is 20.9 Å². The van der Waals surface area contributed by atoms with Gasteiger partial charge in [0.25, 0.3) is 0 Å². The summed E-state index contributed by atoms with van der Waals surface area (Å²) in [5.41, 5.74) is 6.50. The minimum Gasteiger partial charge on any atom is -0.600 e. The predicted molar refractivity (Wildman–Crippen MR) is 79.4 cm³/mol. The van der Waals surface area contributed by atoms with Crippen molar-refractivity contribution >= 4 is 11.9 Å². The van der Waals surface area contributed by atoms with E-state index in [2.05, 4.69) is 5.11 Å². The highest BCUT2D eigenvalue weighted by atomic mass is 19.4. The maximum Gasteiger partial charge on any atom is 0.490 e. The second-order valence-corrected chi connectivity index (χ2v) is 4.57. The number of aliphatic carboxylic acids is 1. The quantitative estimate of drug-likeness (QED) is 0.342. The first-order chi connectivity index (χ1) is 11.6. The Kier molecular flexibility index (Phi) is 9.79. The van der Waals surface area contributed by atoms with Crippen LogP contribution in [0.2, 0.25) is 0 Å². The number of halogens is 3. The van der Waals surface area contributed by atoms with Gasteiger partial charge in [-0.15, -0.1) is 0 Å². The van der Waals surface area contributed by atoms with E-state index in [-0.39, 0.29) is 19.6 Å². The monoisotopic (exact) mass is 365 g/mol. The number of alkyl halides is 3. The minimum absolute atomic E-state index is 0.0815. The van der Waals surface area contributed by atoms with Crippen LogP contribution in [0.5, 0.6) is 0 Å².